The van der Waals surface area contributed by atoms with E-state index in [1.165, 1.54) is 6.20 Å². The Labute approximate surface area is 201 Å². The van der Waals surface area contributed by atoms with Crippen molar-refractivity contribution in [2.75, 3.05) is 19.9 Å². The summed E-state index contributed by atoms with van der Waals surface area (Å²) in [6.45, 7) is 1.74. The predicted octanol–water partition coefficient (Wildman–Crippen LogP) is 0.561. The molecular formula is C25H27N3O7. The lowest BCUT2D eigenvalue weighted by Gasteiger charge is -2.20. The summed E-state index contributed by atoms with van der Waals surface area (Å²) in [4.78, 5) is 39.4. The molecule has 4 rings (SSSR count). The summed E-state index contributed by atoms with van der Waals surface area (Å²) >= 11 is 0. The van der Waals surface area contributed by atoms with Crippen LogP contribution in [0.15, 0.2) is 53.5 Å². The van der Waals surface area contributed by atoms with Gasteiger partial charge < -0.3 is 34.9 Å². The second-order valence-corrected chi connectivity index (χ2v) is 8.18. The SMILES string of the molecule is CCn1cc(C(=O)N[C@@H](Cc2ccccc2)C(=O)NC[C@H](O)CO)c(=O)c2cc3c(cc21)OCO3. The summed E-state index contributed by atoms with van der Waals surface area (Å²) in [5.41, 5.74) is 0.803. The summed E-state index contributed by atoms with van der Waals surface area (Å²) in [6.07, 6.45) is 0.508. The number of carbonyl (C=O) groups excluding carboxylic acids is 2. The number of aliphatic hydroxyl groups excluding tert-OH is 2. The van der Waals surface area contributed by atoms with Gasteiger partial charge in [-0.15, -0.1) is 0 Å². The molecule has 2 aromatic carbocycles. The van der Waals surface area contributed by atoms with E-state index < -0.39 is 36.0 Å². The van der Waals surface area contributed by atoms with Crippen LogP contribution in [0.2, 0.25) is 0 Å². The normalized spacial score (nSPS) is 13.9. The van der Waals surface area contributed by atoms with Crippen molar-refractivity contribution in [3.8, 4) is 11.5 Å². The summed E-state index contributed by atoms with van der Waals surface area (Å²) in [7, 11) is 0. The minimum Gasteiger partial charge on any atom is -0.454 e. The lowest BCUT2D eigenvalue weighted by atomic mass is 10.0. The largest absolute Gasteiger partial charge is 0.454 e. The second kappa shape index (κ2) is 10.6. The first kappa shape index (κ1) is 24.2. The molecule has 0 saturated carbocycles. The molecule has 0 saturated heterocycles. The molecule has 4 N–H and O–H groups in total. The van der Waals surface area contributed by atoms with Gasteiger partial charge in [-0.05, 0) is 18.6 Å². The monoisotopic (exact) mass is 481 g/mol. The summed E-state index contributed by atoms with van der Waals surface area (Å²) < 4.78 is 12.6. The van der Waals surface area contributed by atoms with E-state index >= 15 is 0 Å². The van der Waals surface area contributed by atoms with E-state index in [-0.39, 0.29) is 25.3 Å². The number of pyridine rings is 1. The highest BCUT2D eigenvalue weighted by Crippen LogP contribution is 2.35. The average molecular weight is 482 g/mol. The van der Waals surface area contributed by atoms with Gasteiger partial charge in [0.05, 0.1) is 23.6 Å². The molecule has 1 aliphatic heterocycles. The number of aliphatic hydroxyl groups is 2. The van der Waals surface area contributed by atoms with Crippen LogP contribution in [0, 0.1) is 0 Å². The molecule has 10 heteroatoms. The van der Waals surface area contributed by atoms with Gasteiger partial charge in [0.15, 0.2) is 11.5 Å². The van der Waals surface area contributed by atoms with Gasteiger partial charge in [0.25, 0.3) is 5.91 Å². The Morgan fingerprint density at radius 2 is 1.86 bits per heavy atom. The van der Waals surface area contributed by atoms with E-state index in [0.717, 1.165) is 5.56 Å². The zero-order valence-corrected chi connectivity index (χ0v) is 19.2. The number of rotatable bonds is 9. The fourth-order valence-corrected chi connectivity index (χ4v) is 3.90. The zero-order valence-electron chi connectivity index (χ0n) is 19.2. The van der Waals surface area contributed by atoms with Crippen molar-refractivity contribution in [1.82, 2.24) is 15.2 Å². The van der Waals surface area contributed by atoms with Crippen molar-refractivity contribution in [2.45, 2.75) is 32.0 Å². The highest BCUT2D eigenvalue weighted by molar-refractivity contribution is 6.00. The number of aryl methyl sites for hydroxylation is 1. The van der Waals surface area contributed by atoms with E-state index in [1.54, 1.807) is 16.7 Å². The van der Waals surface area contributed by atoms with Gasteiger partial charge >= 0.3 is 0 Å². The molecule has 2 heterocycles. The van der Waals surface area contributed by atoms with Crippen LogP contribution in [0.3, 0.4) is 0 Å². The molecule has 0 aliphatic carbocycles. The van der Waals surface area contributed by atoms with Crippen LogP contribution in [-0.4, -0.2) is 58.7 Å². The molecule has 0 unspecified atom stereocenters. The molecule has 0 radical (unpaired) electrons. The zero-order chi connectivity index (χ0) is 24.9. The summed E-state index contributed by atoms with van der Waals surface area (Å²) in [5.74, 6) is -0.287. The molecule has 2 amide bonds. The number of aromatic nitrogens is 1. The molecule has 35 heavy (non-hydrogen) atoms. The molecule has 0 bridgehead atoms. The smallest absolute Gasteiger partial charge is 0.257 e. The van der Waals surface area contributed by atoms with Gasteiger partial charge in [-0.1, -0.05) is 30.3 Å². The molecule has 10 nitrogen and oxygen atoms in total. The molecule has 2 atom stereocenters. The minimum absolute atomic E-state index is 0.0561. The third-order valence-electron chi connectivity index (χ3n) is 5.79. The molecular weight excluding hydrogens is 454 g/mol. The number of ether oxygens (including phenoxy) is 2. The number of amides is 2. The standard InChI is InChI=1S/C25H27N3O7/c1-2-28-12-18(23(31)17-9-21-22(10-20(17)28)35-14-34-21)24(32)27-19(8-15-6-4-3-5-7-15)25(33)26-11-16(30)13-29/h3-7,9-10,12,16,19,29-30H,2,8,11,13-14H2,1H3,(H,26,33)(H,27,32)/t16-,19-/m0/s1. The van der Waals surface area contributed by atoms with E-state index in [4.69, 9.17) is 14.6 Å². The Balaban J connectivity index is 1.65. The van der Waals surface area contributed by atoms with Crippen molar-refractivity contribution in [1.29, 1.82) is 0 Å². The third-order valence-corrected chi connectivity index (χ3v) is 5.79. The van der Waals surface area contributed by atoms with E-state index in [9.17, 15) is 19.5 Å². The Morgan fingerprint density at radius 1 is 1.14 bits per heavy atom. The van der Waals surface area contributed by atoms with Crippen molar-refractivity contribution in [3.63, 3.8) is 0 Å². The number of nitrogens with zero attached hydrogens (tertiary/aromatic N) is 1. The topological polar surface area (TPSA) is 139 Å². The second-order valence-electron chi connectivity index (χ2n) is 8.18. The maximum absolute atomic E-state index is 13.3. The number of nitrogens with one attached hydrogen (secondary N) is 2. The average Bonchev–Trinajstić information content (AvgIpc) is 3.34. The number of hydrogen-bond donors (Lipinski definition) is 4. The molecule has 184 valence electrons. The van der Waals surface area contributed by atoms with Crippen LogP contribution in [-0.2, 0) is 17.8 Å². The van der Waals surface area contributed by atoms with Crippen LogP contribution in [0.25, 0.3) is 10.9 Å². The molecule has 0 spiro atoms. The van der Waals surface area contributed by atoms with Crippen molar-refractivity contribution in [2.24, 2.45) is 0 Å². The van der Waals surface area contributed by atoms with Gasteiger partial charge in [-0.25, -0.2) is 0 Å². The van der Waals surface area contributed by atoms with Crippen LogP contribution >= 0.6 is 0 Å². The predicted molar refractivity (Wildman–Crippen MR) is 128 cm³/mol. The summed E-state index contributed by atoms with van der Waals surface area (Å²) in [6, 6.07) is 11.4. The highest BCUT2D eigenvalue weighted by Gasteiger charge is 2.25. The minimum atomic E-state index is -1.13. The molecule has 1 aromatic heterocycles. The van der Waals surface area contributed by atoms with Crippen LogP contribution in [0.5, 0.6) is 11.5 Å². The van der Waals surface area contributed by atoms with Gasteiger partial charge in [0, 0.05) is 31.8 Å². The summed E-state index contributed by atoms with van der Waals surface area (Å²) in [5, 5.41) is 24.1. The number of benzene rings is 2. The van der Waals surface area contributed by atoms with Gasteiger partial charge in [-0.2, -0.15) is 0 Å². The Morgan fingerprint density at radius 3 is 2.54 bits per heavy atom. The number of fused-ring (bicyclic) bond motifs is 2. The quantitative estimate of drug-likeness (QED) is 0.350. The van der Waals surface area contributed by atoms with Gasteiger partial charge in [0.2, 0.25) is 18.1 Å². The lowest BCUT2D eigenvalue weighted by Crippen LogP contribution is -2.50. The lowest BCUT2D eigenvalue weighted by molar-refractivity contribution is -0.123. The molecule has 0 fully saturated rings. The van der Waals surface area contributed by atoms with Crippen LogP contribution in [0.1, 0.15) is 22.8 Å². The fourth-order valence-electron chi connectivity index (χ4n) is 3.90. The number of hydrogen-bond acceptors (Lipinski definition) is 7. The Bertz CT molecular complexity index is 1290. The van der Waals surface area contributed by atoms with E-state index in [1.807, 2.05) is 37.3 Å². The highest BCUT2D eigenvalue weighted by atomic mass is 16.7. The Kier molecular flexibility index (Phi) is 7.33. The van der Waals surface area contributed by atoms with Crippen molar-refractivity contribution in [3.05, 3.63) is 70.0 Å². The first-order valence-corrected chi connectivity index (χ1v) is 11.3. The van der Waals surface area contributed by atoms with Gasteiger partial charge in [-0.3, -0.25) is 14.4 Å². The number of carbonyl (C=O) groups is 2. The third kappa shape index (κ3) is 5.28. The maximum Gasteiger partial charge on any atom is 0.257 e. The molecule has 3 aromatic rings. The first-order valence-electron chi connectivity index (χ1n) is 11.3. The fraction of sp³-hybridized carbons (Fsp3) is 0.320. The van der Waals surface area contributed by atoms with Crippen molar-refractivity contribution >= 4 is 22.7 Å². The Hall–Kier alpha value is -3.89. The molecule has 1 aliphatic rings. The van der Waals surface area contributed by atoms with Crippen LogP contribution < -0.4 is 25.5 Å². The van der Waals surface area contributed by atoms with E-state index in [0.29, 0.717) is 28.9 Å². The maximum atomic E-state index is 13.3. The van der Waals surface area contributed by atoms with Gasteiger partial charge in [0.1, 0.15) is 11.6 Å². The van der Waals surface area contributed by atoms with E-state index in [2.05, 4.69) is 10.6 Å². The van der Waals surface area contributed by atoms with Crippen molar-refractivity contribution < 1.29 is 29.3 Å². The van der Waals surface area contributed by atoms with Crippen LogP contribution in [0.4, 0.5) is 0 Å². The first-order chi connectivity index (χ1) is 16.9.